The van der Waals surface area contributed by atoms with E-state index in [1.54, 1.807) is 14.1 Å². The summed E-state index contributed by atoms with van der Waals surface area (Å²) in [5.41, 5.74) is 0. The number of hydrogen-bond acceptors (Lipinski definition) is 5. The number of rotatable bonds is 8. The van der Waals surface area contributed by atoms with E-state index in [0.717, 1.165) is 6.61 Å². The molecule has 1 aliphatic rings. The van der Waals surface area contributed by atoms with Gasteiger partial charge in [0.05, 0.1) is 11.5 Å². The first-order valence-electron chi connectivity index (χ1n) is 6.72. The highest BCUT2D eigenvalue weighted by molar-refractivity contribution is 7.89. The van der Waals surface area contributed by atoms with Crippen LogP contribution in [0.4, 0.5) is 5.82 Å². The Morgan fingerprint density at radius 1 is 1.50 bits per heavy atom. The number of ether oxygens (including phenoxy) is 1. The van der Waals surface area contributed by atoms with E-state index in [2.05, 4.69) is 10.3 Å². The lowest BCUT2D eigenvalue weighted by Gasteiger charge is -2.17. The summed E-state index contributed by atoms with van der Waals surface area (Å²) in [6.07, 6.45) is 3.95. The third-order valence-electron chi connectivity index (χ3n) is 3.30. The van der Waals surface area contributed by atoms with E-state index in [9.17, 15) is 8.42 Å². The minimum absolute atomic E-state index is 0.238. The third-order valence-corrected chi connectivity index (χ3v) is 5.15. The minimum atomic E-state index is -3.48. The van der Waals surface area contributed by atoms with Crippen LogP contribution in [0.25, 0.3) is 0 Å². The summed E-state index contributed by atoms with van der Waals surface area (Å²) in [4.78, 5) is 4.25. The molecule has 0 aliphatic heterocycles. The van der Waals surface area contributed by atoms with Gasteiger partial charge in [-0.2, -0.15) is 4.31 Å². The molecule has 0 aromatic carbocycles. The molecule has 1 saturated carbocycles. The maximum atomic E-state index is 12.4. The van der Waals surface area contributed by atoms with Gasteiger partial charge in [0.15, 0.2) is 0 Å². The molecule has 0 saturated heterocycles. The van der Waals surface area contributed by atoms with Crippen molar-refractivity contribution in [2.45, 2.75) is 17.7 Å². The average molecular weight is 299 g/mol. The summed E-state index contributed by atoms with van der Waals surface area (Å²) >= 11 is 0. The highest BCUT2D eigenvalue weighted by Gasteiger charge is 2.23. The molecule has 0 spiro atoms. The average Bonchev–Trinajstić information content (AvgIpc) is 3.27. The summed E-state index contributed by atoms with van der Waals surface area (Å²) in [6, 6.07) is 3.02. The lowest BCUT2D eigenvalue weighted by atomic mass is 10.5. The van der Waals surface area contributed by atoms with Crippen molar-refractivity contribution < 1.29 is 13.2 Å². The predicted octanol–water partition coefficient (Wildman–Crippen LogP) is 1.17. The van der Waals surface area contributed by atoms with Gasteiger partial charge in [-0.3, -0.25) is 0 Å². The van der Waals surface area contributed by atoms with E-state index in [4.69, 9.17) is 4.74 Å². The van der Waals surface area contributed by atoms with Gasteiger partial charge in [-0.25, -0.2) is 13.4 Å². The SMILES string of the molecule is CNc1cc(S(=O)(=O)N(C)CCOCC2CC2)ccn1. The second-order valence-corrected chi connectivity index (χ2v) is 7.02. The molecule has 0 unspecified atom stereocenters. The van der Waals surface area contributed by atoms with Gasteiger partial charge in [-0.05, 0) is 24.8 Å². The Labute approximate surface area is 120 Å². The van der Waals surface area contributed by atoms with Crippen molar-refractivity contribution in [3.05, 3.63) is 18.3 Å². The van der Waals surface area contributed by atoms with Crippen LogP contribution >= 0.6 is 0 Å². The minimum Gasteiger partial charge on any atom is -0.380 e. The topological polar surface area (TPSA) is 71.5 Å². The molecule has 0 amide bonds. The van der Waals surface area contributed by atoms with Crippen LogP contribution in [0.1, 0.15) is 12.8 Å². The van der Waals surface area contributed by atoms with Gasteiger partial charge in [0.1, 0.15) is 5.82 Å². The Hall–Kier alpha value is -1.18. The monoisotopic (exact) mass is 299 g/mol. The van der Waals surface area contributed by atoms with E-state index >= 15 is 0 Å². The summed E-state index contributed by atoms with van der Waals surface area (Å²) in [7, 11) is -0.216. The first-order chi connectivity index (χ1) is 9.54. The molecule has 1 aliphatic carbocycles. The zero-order chi connectivity index (χ0) is 14.6. The Morgan fingerprint density at radius 2 is 2.25 bits per heavy atom. The maximum absolute atomic E-state index is 12.4. The molecular weight excluding hydrogens is 278 g/mol. The van der Waals surface area contributed by atoms with Gasteiger partial charge in [0, 0.05) is 39.5 Å². The van der Waals surface area contributed by atoms with Gasteiger partial charge in [-0.15, -0.1) is 0 Å². The molecule has 112 valence electrons. The van der Waals surface area contributed by atoms with Crippen molar-refractivity contribution in [1.82, 2.24) is 9.29 Å². The predicted molar refractivity (Wildman–Crippen MR) is 77.1 cm³/mol. The first-order valence-corrected chi connectivity index (χ1v) is 8.16. The summed E-state index contributed by atoms with van der Waals surface area (Å²) < 4.78 is 31.5. The van der Waals surface area contributed by atoms with E-state index < -0.39 is 10.0 Å². The van der Waals surface area contributed by atoms with E-state index in [0.29, 0.717) is 24.9 Å². The van der Waals surface area contributed by atoms with E-state index in [1.807, 2.05) is 0 Å². The van der Waals surface area contributed by atoms with Crippen molar-refractivity contribution in [3.63, 3.8) is 0 Å². The molecule has 6 nitrogen and oxygen atoms in total. The van der Waals surface area contributed by atoms with Gasteiger partial charge >= 0.3 is 0 Å². The molecule has 20 heavy (non-hydrogen) atoms. The molecule has 0 radical (unpaired) electrons. The Kier molecular flexibility index (Phi) is 4.95. The number of hydrogen-bond donors (Lipinski definition) is 1. The number of nitrogens with one attached hydrogen (secondary N) is 1. The fourth-order valence-corrected chi connectivity index (χ4v) is 2.90. The van der Waals surface area contributed by atoms with Crippen LogP contribution in [0.2, 0.25) is 0 Å². The summed E-state index contributed by atoms with van der Waals surface area (Å²) in [5, 5.41) is 2.83. The van der Waals surface area contributed by atoms with Crippen LogP contribution in [-0.2, 0) is 14.8 Å². The molecule has 0 bridgehead atoms. The van der Waals surface area contributed by atoms with Crippen LogP contribution in [0.15, 0.2) is 23.2 Å². The third kappa shape index (κ3) is 3.91. The van der Waals surface area contributed by atoms with Crippen molar-refractivity contribution in [2.75, 3.05) is 39.2 Å². The number of sulfonamides is 1. The fourth-order valence-electron chi connectivity index (χ4n) is 1.74. The fraction of sp³-hybridized carbons (Fsp3) is 0.615. The first kappa shape index (κ1) is 15.2. The van der Waals surface area contributed by atoms with E-state index in [-0.39, 0.29) is 4.90 Å². The molecule has 1 fully saturated rings. The van der Waals surface area contributed by atoms with E-state index in [1.165, 1.54) is 35.5 Å². The second-order valence-electron chi connectivity index (χ2n) is 4.97. The normalized spacial score (nSPS) is 15.6. The molecule has 1 aromatic rings. The standard InChI is InChI=1S/C13H21N3O3S/c1-14-13-9-12(5-6-15-13)20(17,18)16(2)7-8-19-10-11-3-4-11/h5-6,9,11H,3-4,7-8,10H2,1-2H3,(H,14,15). The number of nitrogens with zero attached hydrogens (tertiary/aromatic N) is 2. The Morgan fingerprint density at radius 3 is 2.90 bits per heavy atom. The summed E-state index contributed by atoms with van der Waals surface area (Å²) in [6.45, 7) is 1.52. The summed E-state index contributed by atoms with van der Waals surface area (Å²) in [5.74, 6) is 1.22. The molecule has 1 aromatic heterocycles. The number of likely N-dealkylation sites (N-methyl/N-ethyl adjacent to an activating group) is 1. The van der Waals surface area contributed by atoms with Crippen molar-refractivity contribution in [1.29, 1.82) is 0 Å². The molecule has 2 rings (SSSR count). The maximum Gasteiger partial charge on any atom is 0.243 e. The number of pyridine rings is 1. The van der Waals surface area contributed by atoms with Gasteiger partial charge in [0.2, 0.25) is 10.0 Å². The smallest absolute Gasteiger partial charge is 0.243 e. The van der Waals surface area contributed by atoms with Crippen molar-refractivity contribution >= 4 is 15.8 Å². The van der Waals surface area contributed by atoms with Crippen LogP contribution in [0, 0.1) is 5.92 Å². The van der Waals surface area contributed by atoms with Crippen LogP contribution in [-0.4, -0.2) is 51.6 Å². The highest BCUT2D eigenvalue weighted by Crippen LogP contribution is 2.28. The van der Waals surface area contributed by atoms with Gasteiger partial charge < -0.3 is 10.1 Å². The Bertz CT molecular complexity index is 544. The van der Waals surface area contributed by atoms with Crippen LogP contribution < -0.4 is 5.32 Å². The van der Waals surface area contributed by atoms with Crippen molar-refractivity contribution in [2.24, 2.45) is 5.92 Å². The molecule has 0 atom stereocenters. The molecular formula is C13H21N3O3S. The molecule has 7 heteroatoms. The largest absolute Gasteiger partial charge is 0.380 e. The zero-order valence-corrected chi connectivity index (χ0v) is 12.7. The zero-order valence-electron chi connectivity index (χ0n) is 11.9. The van der Waals surface area contributed by atoms with Crippen molar-refractivity contribution in [3.8, 4) is 0 Å². The lowest BCUT2D eigenvalue weighted by Crippen LogP contribution is -2.30. The number of anilines is 1. The lowest BCUT2D eigenvalue weighted by molar-refractivity contribution is 0.117. The van der Waals surface area contributed by atoms with Crippen LogP contribution in [0.3, 0.4) is 0 Å². The second kappa shape index (κ2) is 6.51. The van der Waals surface area contributed by atoms with Gasteiger partial charge in [0.25, 0.3) is 0 Å². The quantitative estimate of drug-likeness (QED) is 0.730. The number of aromatic nitrogens is 1. The molecule has 1 N–H and O–H groups in total. The van der Waals surface area contributed by atoms with Gasteiger partial charge in [-0.1, -0.05) is 0 Å². The highest BCUT2D eigenvalue weighted by atomic mass is 32.2. The Balaban J connectivity index is 1.92. The van der Waals surface area contributed by atoms with Crippen LogP contribution in [0.5, 0.6) is 0 Å². The molecule has 1 heterocycles.